The van der Waals surface area contributed by atoms with Crippen molar-refractivity contribution in [2.24, 2.45) is 11.3 Å². The van der Waals surface area contributed by atoms with Crippen LogP contribution in [-0.2, 0) is 0 Å². The SMILES string of the molecule is CC1(C)CC1CNc1cccc(C(=O)O)c1. The number of nitrogens with one attached hydrogen (secondary N) is 1. The monoisotopic (exact) mass is 219 g/mol. The van der Waals surface area contributed by atoms with Crippen LogP contribution in [0.1, 0.15) is 30.6 Å². The lowest BCUT2D eigenvalue weighted by atomic mass is 10.1. The number of carboxylic acids is 1. The van der Waals surface area contributed by atoms with Gasteiger partial charge in [0.25, 0.3) is 0 Å². The highest BCUT2D eigenvalue weighted by atomic mass is 16.4. The molecule has 3 nitrogen and oxygen atoms in total. The van der Waals surface area contributed by atoms with Gasteiger partial charge in [-0.1, -0.05) is 19.9 Å². The second kappa shape index (κ2) is 3.81. The average molecular weight is 219 g/mol. The minimum Gasteiger partial charge on any atom is -0.478 e. The Morgan fingerprint density at radius 2 is 2.25 bits per heavy atom. The summed E-state index contributed by atoms with van der Waals surface area (Å²) in [6, 6.07) is 6.96. The maximum Gasteiger partial charge on any atom is 0.335 e. The summed E-state index contributed by atoms with van der Waals surface area (Å²) in [4.78, 5) is 10.8. The molecule has 0 heterocycles. The van der Waals surface area contributed by atoms with E-state index in [0.29, 0.717) is 16.9 Å². The molecule has 1 unspecified atom stereocenters. The van der Waals surface area contributed by atoms with Crippen LogP contribution in [0.4, 0.5) is 5.69 Å². The Kier molecular flexibility index (Phi) is 2.62. The molecule has 1 atom stereocenters. The van der Waals surface area contributed by atoms with Gasteiger partial charge >= 0.3 is 5.97 Å². The van der Waals surface area contributed by atoms with Crippen LogP contribution in [0.25, 0.3) is 0 Å². The van der Waals surface area contributed by atoms with Crippen LogP contribution in [0, 0.1) is 11.3 Å². The Morgan fingerprint density at radius 1 is 1.56 bits per heavy atom. The molecule has 2 N–H and O–H groups in total. The molecule has 1 fully saturated rings. The fraction of sp³-hybridized carbons (Fsp3) is 0.462. The zero-order chi connectivity index (χ0) is 11.8. The van der Waals surface area contributed by atoms with Gasteiger partial charge in [-0.3, -0.25) is 0 Å². The van der Waals surface area contributed by atoms with Crippen LogP contribution >= 0.6 is 0 Å². The minimum absolute atomic E-state index is 0.333. The summed E-state index contributed by atoms with van der Waals surface area (Å²) in [5.41, 5.74) is 1.68. The highest BCUT2D eigenvalue weighted by Crippen LogP contribution is 2.51. The van der Waals surface area contributed by atoms with Crippen LogP contribution < -0.4 is 5.32 Å². The van der Waals surface area contributed by atoms with E-state index < -0.39 is 5.97 Å². The van der Waals surface area contributed by atoms with Gasteiger partial charge in [-0.05, 0) is 36.0 Å². The molecular formula is C13H17NO2. The summed E-state index contributed by atoms with van der Waals surface area (Å²) in [6.45, 7) is 5.44. The molecule has 86 valence electrons. The first-order chi connectivity index (χ1) is 7.49. The smallest absolute Gasteiger partial charge is 0.335 e. The maximum atomic E-state index is 10.8. The number of benzene rings is 1. The van der Waals surface area contributed by atoms with Crippen molar-refractivity contribution in [3.8, 4) is 0 Å². The third-order valence-corrected chi connectivity index (χ3v) is 3.38. The van der Waals surface area contributed by atoms with E-state index in [-0.39, 0.29) is 0 Å². The summed E-state index contributed by atoms with van der Waals surface area (Å²) in [5.74, 6) is -0.170. The Labute approximate surface area is 95.5 Å². The van der Waals surface area contributed by atoms with E-state index in [1.807, 2.05) is 6.07 Å². The molecule has 1 aliphatic carbocycles. The molecule has 1 aromatic carbocycles. The first-order valence-corrected chi connectivity index (χ1v) is 5.56. The molecule has 1 aliphatic rings. The van der Waals surface area contributed by atoms with Gasteiger partial charge in [0, 0.05) is 12.2 Å². The van der Waals surface area contributed by atoms with E-state index in [2.05, 4.69) is 19.2 Å². The topological polar surface area (TPSA) is 49.3 Å². The van der Waals surface area contributed by atoms with E-state index >= 15 is 0 Å². The first kappa shape index (κ1) is 11.0. The molecule has 1 aromatic rings. The number of hydrogen-bond acceptors (Lipinski definition) is 2. The fourth-order valence-electron chi connectivity index (χ4n) is 1.93. The van der Waals surface area contributed by atoms with Gasteiger partial charge < -0.3 is 10.4 Å². The van der Waals surface area contributed by atoms with Crippen molar-refractivity contribution in [3.05, 3.63) is 29.8 Å². The number of rotatable bonds is 4. The van der Waals surface area contributed by atoms with Crippen molar-refractivity contribution in [1.29, 1.82) is 0 Å². The zero-order valence-corrected chi connectivity index (χ0v) is 9.66. The van der Waals surface area contributed by atoms with Crippen LogP contribution in [0.2, 0.25) is 0 Å². The van der Waals surface area contributed by atoms with Crippen molar-refractivity contribution in [2.75, 3.05) is 11.9 Å². The number of carbonyl (C=O) groups is 1. The molecule has 0 bridgehead atoms. The number of carboxylic acid groups (broad SMARTS) is 1. The number of anilines is 1. The third-order valence-electron chi connectivity index (χ3n) is 3.38. The lowest BCUT2D eigenvalue weighted by Gasteiger charge is -2.08. The standard InChI is InChI=1S/C13H17NO2/c1-13(2)7-10(13)8-14-11-5-3-4-9(6-11)12(15)16/h3-6,10,14H,7-8H2,1-2H3,(H,15,16). The predicted octanol–water partition coefficient (Wildman–Crippen LogP) is 2.84. The molecule has 3 heteroatoms. The minimum atomic E-state index is -0.879. The van der Waals surface area contributed by atoms with Gasteiger partial charge in [0.1, 0.15) is 0 Å². The van der Waals surface area contributed by atoms with Gasteiger partial charge in [0.2, 0.25) is 0 Å². The molecular weight excluding hydrogens is 202 g/mol. The van der Waals surface area contributed by atoms with E-state index in [0.717, 1.165) is 12.2 Å². The largest absolute Gasteiger partial charge is 0.478 e. The lowest BCUT2D eigenvalue weighted by molar-refractivity contribution is 0.0697. The van der Waals surface area contributed by atoms with E-state index in [4.69, 9.17) is 5.11 Å². The van der Waals surface area contributed by atoms with Crippen molar-refractivity contribution in [1.82, 2.24) is 0 Å². The van der Waals surface area contributed by atoms with E-state index in [9.17, 15) is 4.79 Å². The molecule has 0 spiro atoms. The van der Waals surface area contributed by atoms with Crippen LogP contribution in [0.15, 0.2) is 24.3 Å². The van der Waals surface area contributed by atoms with Crippen molar-refractivity contribution in [2.45, 2.75) is 20.3 Å². The van der Waals surface area contributed by atoms with Gasteiger partial charge in [-0.25, -0.2) is 4.79 Å². The molecule has 1 saturated carbocycles. The molecule has 2 rings (SSSR count). The van der Waals surface area contributed by atoms with Crippen LogP contribution in [0.3, 0.4) is 0 Å². The number of aromatic carboxylic acids is 1. The van der Waals surface area contributed by atoms with Crippen molar-refractivity contribution in [3.63, 3.8) is 0 Å². The summed E-state index contributed by atoms with van der Waals surface area (Å²) in [6.07, 6.45) is 1.25. The number of hydrogen-bond donors (Lipinski definition) is 2. The lowest BCUT2D eigenvalue weighted by Crippen LogP contribution is -2.07. The van der Waals surface area contributed by atoms with Crippen LogP contribution in [-0.4, -0.2) is 17.6 Å². The Hall–Kier alpha value is -1.51. The van der Waals surface area contributed by atoms with Gasteiger partial charge in [-0.2, -0.15) is 0 Å². The van der Waals surface area contributed by atoms with Gasteiger partial charge in [0.05, 0.1) is 5.56 Å². The normalized spacial score (nSPS) is 21.5. The second-order valence-corrected chi connectivity index (χ2v) is 5.16. The fourth-order valence-corrected chi connectivity index (χ4v) is 1.93. The zero-order valence-electron chi connectivity index (χ0n) is 9.66. The average Bonchev–Trinajstić information content (AvgIpc) is 2.84. The molecule has 0 amide bonds. The highest BCUT2D eigenvalue weighted by Gasteiger charge is 2.44. The van der Waals surface area contributed by atoms with Crippen LogP contribution in [0.5, 0.6) is 0 Å². The Bertz CT molecular complexity index is 412. The van der Waals surface area contributed by atoms with E-state index in [1.54, 1.807) is 18.2 Å². The molecule has 0 saturated heterocycles. The molecule has 16 heavy (non-hydrogen) atoms. The predicted molar refractivity (Wildman–Crippen MR) is 63.8 cm³/mol. The third kappa shape index (κ3) is 2.35. The second-order valence-electron chi connectivity index (χ2n) is 5.16. The van der Waals surface area contributed by atoms with Gasteiger partial charge in [-0.15, -0.1) is 0 Å². The van der Waals surface area contributed by atoms with Crippen molar-refractivity contribution < 1.29 is 9.90 Å². The molecule has 0 aliphatic heterocycles. The summed E-state index contributed by atoms with van der Waals surface area (Å²) >= 11 is 0. The molecule has 0 aromatic heterocycles. The summed E-state index contributed by atoms with van der Waals surface area (Å²) < 4.78 is 0. The van der Waals surface area contributed by atoms with E-state index in [1.165, 1.54) is 6.42 Å². The Balaban J connectivity index is 1.95. The molecule has 0 radical (unpaired) electrons. The highest BCUT2D eigenvalue weighted by molar-refractivity contribution is 5.88. The van der Waals surface area contributed by atoms with Gasteiger partial charge in [0.15, 0.2) is 0 Å². The first-order valence-electron chi connectivity index (χ1n) is 5.56. The Morgan fingerprint density at radius 3 is 2.81 bits per heavy atom. The quantitative estimate of drug-likeness (QED) is 0.818. The summed E-state index contributed by atoms with van der Waals surface area (Å²) in [7, 11) is 0. The van der Waals surface area contributed by atoms with Crippen molar-refractivity contribution >= 4 is 11.7 Å². The maximum absolute atomic E-state index is 10.8. The summed E-state index contributed by atoms with van der Waals surface area (Å²) in [5, 5.41) is 12.1.